The number of hydrogen-bond acceptors (Lipinski definition) is 7. The van der Waals surface area contributed by atoms with Crippen molar-refractivity contribution in [2.45, 2.75) is 4.34 Å². The van der Waals surface area contributed by atoms with Gasteiger partial charge in [0.25, 0.3) is 0 Å². The van der Waals surface area contributed by atoms with Crippen LogP contribution in [0.25, 0.3) is 21.9 Å². The smallest absolute Gasteiger partial charge is 0.213 e. The number of fused-ring (bicyclic) bond motifs is 2. The second-order valence-electron chi connectivity index (χ2n) is 4.72. The lowest BCUT2D eigenvalue weighted by Crippen LogP contribution is -1.94. The van der Waals surface area contributed by atoms with E-state index in [4.69, 9.17) is 9.47 Å². The molecule has 0 aliphatic rings. The molecule has 4 aromatic rings. The highest BCUT2D eigenvalue weighted by molar-refractivity contribution is 8.00. The Morgan fingerprint density at radius 3 is 2.78 bits per heavy atom. The lowest BCUT2D eigenvalue weighted by atomic mass is 10.3. The van der Waals surface area contributed by atoms with Gasteiger partial charge in [0.05, 0.1) is 26.6 Å². The average Bonchev–Trinajstić information content (AvgIpc) is 3.25. The van der Waals surface area contributed by atoms with Gasteiger partial charge in [-0.25, -0.2) is 14.0 Å². The maximum atomic E-state index is 5.43. The predicted octanol–water partition coefficient (Wildman–Crippen LogP) is 2.84. The number of imidazole rings is 1. The van der Waals surface area contributed by atoms with E-state index in [1.54, 1.807) is 48.0 Å². The fourth-order valence-electron chi connectivity index (χ4n) is 2.37. The molecule has 7 nitrogen and oxygen atoms in total. The summed E-state index contributed by atoms with van der Waals surface area (Å²) in [6.45, 7) is 0. The molecule has 118 valence electrons. The predicted molar refractivity (Wildman–Crippen MR) is 89.9 cm³/mol. The van der Waals surface area contributed by atoms with E-state index in [1.807, 2.05) is 29.1 Å². The van der Waals surface area contributed by atoms with Gasteiger partial charge < -0.3 is 9.47 Å². The molecule has 0 aliphatic heterocycles. The molecule has 0 bridgehead atoms. The molecule has 0 saturated carbocycles. The summed E-state index contributed by atoms with van der Waals surface area (Å²) in [4.78, 5) is 5.26. The number of ether oxygens (including phenoxy) is 2. The Kier molecular flexibility index (Phi) is 3.38. The standard InChI is InChI=1S/C14H13N5O2S2/c1-20-8-4-12(21-2)10-5-9(16-18(10)7-8)11-6-15-13-19(11)17-14(22-3)23-13/h4-7H,1-3H3. The van der Waals surface area contributed by atoms with Gasteiger partial charge in [-0.15, -0.1) is 5.10 Å². The maximum Gasteiger partial charge on any atom is 0.213 e. The highest BCUT2D eigenvalue weighted by atomic mass is 32.2. The summed E-state index contributed by atoms with van der Waals surface area (Å²) in [5.74, 6) is 1.38. The summed E-state index contributed by atoms with van der Waals surface area (Å²) in [5, 5.41) is 9.16. The van der Waals surface area contributed by atoms with E-state index in [0.29, 0.717) is 11.5 Å². The first-order valence-corrected chi connectivity index (χ1v) is 8.78. The van der Waals surface area contributed by atoms with Crippen LogP contribution in [0.3, 0.4) is 0 Å². The molecule has 0 N–H and O–H groups in total. The number of nitrogens with zero attached hydrogens (tertiary/aromatic N) is 5. The third-order valence-corrected chi connectivity index (χ3v) is 5.37. The summed E-state index contributed by atoms with van der Waals surface area (Å²) in [6.07, 6.45) is 5.60. The first-order valence-electron chi connectivity index (χ1n) is 6.74. The summed E-state index contributed by atoms with van der Waals surface area (Å²) in [6, 6.07) is 3.79. The molecule has 0 unspecified atom stereocenters. The first-order chi connectivity index (χ1) is 11.2. The van der Waals surface area contributed by atoms with Gasteiger partial charge in [-0.3, -0.25) is 0 Å². The Morgan fingerprint density at radius 1 is 1.17 bits per heavy atom. The number of methoxy groups -OCH3 is 2. The quantitative estimate of drug-likeness (QED) is 0.529. The van der Waals surface area contributed by atoms with Gasteiger partial charge >= 0.3 is 0 Å². The molecule has 0 radical (unpaired) electrons. The van der Waals surface area contributed by atoms with Gasteiger partial charge in [-0.1, -0.05) is 23.1 Å². The monoisotopic (exact) mass is 347 g/mol. The second kappa shape index (κ2) is 5.43. The van der Waals surface area contributed by atoms with Crippen LogP contribution in [-0.4, -0.2) is 44.7 Å². The average molecular weight is 347 g/mol. The molecule has 0 atom stereocenters. The SMILES string of the molecule is COc1cc(OC)c2cc(-c3cnc4sc(SC)nn34)nn2c1. The minimum atomic E-state index is 0.681. The third-order valence-electron chi connectivity index (χ3n) is 3.47. The van der Waals surface area contributed by atoms with Crippen molar-refractivity contribution in [1.29, 1.82) is 0 Å². The Labute approximate surface area is 139 Å². The number of thioether (sulfide) groups is 1. The molecule has 0 aliphatic carbocycles. The van der Waals surface area contributed by atoms with Crippen LogP contribution >= 0.6 is 23.1 Å². The summed E-state index contributed by atoms with van der Waals surface area (Å²) < 4.78 is 15.2. The van der Waals surface area contributed by atoms with Gasteiger partial charge in [0.2, 0.25) is 4.96 Å². The van der Waals surface area contributed by atoms with Crippen LogP contribution in [0, 0.1) is 0 Å². The van der Waals surface area contributed by atoms with Crippen LogP contribution in [0.1, 0.15) is 0 Å². The third kappa shape index (κ3) is 2.23. The Hall–Kier alpha value is -2.26. The molecule has 0 fully saturated rings. The molecule has 9 heteroatoms. The molecule has 0 spiro atoms. The highest BCUT2D eigenvalue weighted by Crippen LogP contribution is 2.31. The van der Waals surface area contributed by atoms with Gasteiger partial charge in [-0.2, -0.15) is 5.10 Å². The van der Waals surface area contributed by atoms with Gasteiger partial charge in [0.1, 0.15) is 28.4 Å². The largest absolute Gasteiger partial charge is 0.495 e. The Bertz CT molecular complexity index is 1000. The van der Waals surface area contributed by atoms with E-state index in [-0.39, 0.29) is 0 Å². The van der Waals surface area contributed by atoms with Crippen LogP contribution in [0.5, 0.6) is 11.5 Å². The van der Waals surface area contributed by atoms with Crippen molar-refractivity contribution in [2.24, 2.45) is 0 Å². The number of aromatic nitrogens is 5. The minimum Gasteiger partial charge on any atom is -0.495 e. The molecular formula is C14H13N5O2S2. The van der Waals surface area contributed by atoms with Crippen LogP contribution in [-0.2, 0) is 0 Å². The van der Waals surface area contributed by atoms with E-state index in [9.17, 15) is 0 Å². The number of rotatable bonds is 4. The van der Waals surface area contributed by atoms with Crippen molar-refractivity contribution in [3.63, 3.8) is 0 Å². The summed E-state index contributed by atoms with van der Waals surface area (Å²) in [5.41, 5.74) is 2.49. The van der Waals surface area contributed by atoms with E-state index in [2.05, 4.69) is 15.2 Å². The van der Waals surface area contributed by atoms with Crippen molar-refractivity contribution in [3.8, 4) is 22.9 Å². The van der Waals surface area contributed by atoms with Gasteiger partial charge in [0.15, 0.2) is 4.34 Å². The van der Waals surface area contributed by atoms with Crippen molar-refractivity contribution < 1.29 is 9.47 Å². The van der Waals surface area contributed by atoms with Crippen LogP contribution in [0.4, 0.5) is 0 Å². The summed E-state index contributed by atoms with van der Waals surface area (Å²) >= 11 is 3.16. The molecule has 0 amide bonds. The lowest BCUT2D eigenvalue weighted by molar-refractivity contribution is 0.392. The second-order valence-corrected chi connectivity index (χ2v) is 6.73. The van der Waals surface area contributed by atoms with Crippen LogP contribution in [0.2, 0.25) is 0 Å². The van der Waals surface area contributed by atoms with Crippen LogP contribution in [0.15, 0.2) is 28.9 Å². The Morgan fingerprint density at radius 2 is 2.04 bits per heavy atom. The minimum absolute atomic E-state index is 0.681. The van der Waals surface area contributed by atoms with Gasteiger partial charge in [0, 0.05) is 6.07 Å². The number of hydrogen-bond donors (Lipinski definition) is 0. The summed E-state index contributed by atoms with van der Waals surface area (Å²) in [7, 11) is 3.24. The molecular weight excluding hydrogens is 334 g/mol. The van der Waals surface area contributed by atoms with E-state index < -0.39 is 0 Å². The molecule has 4 aromatic heterocycles. The van der Waals surface area contributed by atoms with E-state index >= 15 is 0 Å². The number of pyridine rings is 1. The molecule has 23 heavy (non-hydrogen) atoms. The molecule has 4 heterocycles. The normalized spacial score (nSPS) is 11.4. The zero-order valence-electron chi connectivity index (χ0n) is 12.7. The van der Waals surface area contributed by atoms with E-state index in [1.165, 1.54) is 0 Å². The van der Waals surface area contributed by atoms with Crippen molar-refractivity contribution in [3.05, 3.63) is 24.5 Å². The molecule has 0 aromatic carbocycles. The fraction of sp³-hybridized carbons (Fsp3) is 0.214. The fourth-order valence-corrected chi connectivity index (χ4v) is 3.70. The van der Waals surface area contributed by atoms with E-state index in [0.717, 1.165) is 26.2 Å². The molecule has 0 saturated heterocycles. The Balaban J connectivity index is 1.92. The van der Waals surface area contributed by atoms with Crippen molar-refractivity contribution in [1.82, 2.24) is 24.2 Å². The van der Waals surface area contributed by atoms with Crippen molar-refractivity contribution in [2.75, 3.05) is 20.5 Å². The maximum absolute atomic E-state index is 5.43. The lowest BCUT2D eigenvalue weighted by Gasteiger charge is -2.05. The van der Waals surface area contributed by atoms with Crippen LogP contribution < -0.4 is 9.47 Å². The first kappa shape index (κ1) is 14.3. The zero-order chi connectivity index (χ0) is 16.0. The molecule has 4 rings (SSSR count). The van der Waals surface area contributed by atoms with Crippen molar-refractivity contribution >= 4 is 33.6 Å². The topological polar surface area (TPSA) is 66.0 Å². The zero-order valence-corrected chi connectivity index (χ0v) is 14.3. The van der Waals surface area contributed by atoms with Gasteiger partial charge in [-0.05, 0) is 12.3 Å². The highest BCUT2D eigenvalue weighted by Gasteiger charge is 2.16.